The number of rotatable bonds is 4. The van der Waals surface area contributed by atoms with Crippen molar-refractivity contribution >= 4 is 15.8 Å². The second kappa shape index (κ2) is 4.75. The number of hydrogen-bond donors (Lipinski definition) is 3. The van der Waals surface area contributed by atoms with Crippen LogP contribution >= 0.6 is 0 Å². The van der Waals surface area contributed by atoms with E-state index in [9.17, 15) is 8.42 Å². The molecule has 2 rings (SSSR count). The normalized spacial score (nSPS) is 13.4. The van der Waals surface area contributed by atoms with Gasteiger partial charge in [0.05, 0.1) is 11.1 Å². The van der Waals surface area contributed by atoms with Gasteiger partial charge in [0.2, 0.25) is 10.0 Å². The van der Waals surface area contributed by atoms with Gasteiger partial charge in [0, 0.05) is 30.1 Å². The van der Waals surface area contributed by atoms with E-state index in [2.05, 4.69) is 19.9 Å². The smallest absolute Gasteiger partial charge is 0.241 e. The number of hydrogen-bond acceptors (Lipinski definition) is 5. The number of nitrogens with one attached hydrogen (secondary N) is 2. The Morgan fingerprint density at radius 2 is 2.28 bits per heavy atom. The van der Waals surface area contributed by atoms with Crippen LogP contribution in [0.5, 0.6) is 0 Å². The van der Waals surface area contributed by atoms with Gasteiger partial charge in [0.1, 0.15) is 5.82 Å². The van der Waals surface area contributed by atoms with Crippen molar-refractivity contribution in [2.24, 2.45) is 0 Å². The van der Waals surface area contributed by atoms with E-state index in [4.69, 9.17) is 5.73 Å². The number of nitrogens with two attached hydrogens (primary N) is 1. The molecule has 0 bridgehead atoms. The van der Waals surface area contributed by atoms with Gasteiger partial charge in [0.25, 0.3) is 0 Å². The zero-order chi connectivity index (χ0) is 13.2. The Bertz CT molecular complexity index is 623. The van der Waals surface area contributed by atoms with Gasteiger partial charge >= 0.3 is 0 Å². The molecule has 0 saturated heterocycles. The highest BCUT2D eigenvalue weighted by Crippen LogP contribution is 2.16. The quantitative estimate of drug-likeness (QED) is 0.743. The molecule has 1 atom stereocenters. The minimum atomic E-state index is -3.62. The molecule has 0 saturated carbocycles. The van der Waals surface area contributed by atoms with Crippen molar-refractivity contribution in [3.8, 4) is 0 Å². The average molecular weight is 267 g/mol. The molecule has 2 aromatic heterocycles. The molecule has 0 spiro atoms. The topological polar surface area (TPSA) is 114 Å². The van der Waals surface area contributed by atoms with Crippen LogP contribution in [0.4, 0.5) is 5.82 Å². The lowest BCUT2D eigenvalue weighted by molar-refractivity contribution is 0.567. The SMILES string of the molecule is CC(NS(=O)(=O)c1ccnc(N)c1)c1cn[nH]c1. The molecule has 0 aliphatic heterocycles. The Labute approximate surface area is 104 Å². The van der Waals surface area contributed by atoms with Crippen LogP contribution in [-0.2, 0) is 10.0 Å². The van der Waals surface area contributed by atoms with Gasteiger partial charge in [-0.25, -0.2) is 18.1 Å². The van der Waals surface area contributed by atoms with Crippen molar-refractivity contribution in [3.63, 3.8) is 0 Å². The average Bonchev–Trinajstić information content (AvgIpc) is 2.82. The van der Waals surface area contributed by atoms with E-state index in [0.717, 1.165) is 5.56 Å². The Morgan fingerprint density at radius 3 is 2.89 bits per heavy atom. The second-order valence-corrected chi connectivity index (χ2v) is 5.51. The fraction of sp³-hybridized carbons (Fsp3) is 0.200. The third-order valence-corrected chi connectivity index (χ3v) is 3.95. The summed E-state index contributed by atoms with van der Waals surface area (Å²) in [6.45, 7) is 1.73. The molecule has 18 heavy (non-hydrogen) atoms. The lowest BCUT2D eigenvalue weighted by Crippen LogP contribution is -2.26. The van der Waals surface area contributed by atoms with Crippen LogP contribution in [0.25, 0.3) is 0 Å². The van der Waals surface area contributed by atoms with Gasteiger partial charge in [-0.3, -0.25) is 5.10 Å². The van der Waals surface area contributed by atoms with Crippen LogP contribution in [0, 0.1) is 0 Å². The predicted octanol–water partition coefficient (Wildman–Crippen LogP) is 0.426. The highest BCUT2D eigenvalue weighted by molar-refractivity contribution is 7.89. The first-order valence-electron chi connectivity index (χ1n) is 5.21. The van der Waals surface area contributed by atoms with Crippen LogP contribution < -0.4 is 10.5 Å². The van der Waals surface area contributed by atoms with Gasteiger partial charge < -0.3 is 5.73 Å². The largest absolute Gasteiger partial charge is 0.384 e. The van der Waals surface area contributed by atoms with Crippen molar-refractivity contribution in [1.29, 1.82) is 0 Å². The molecule has 0 aliphatic carbocycles. The zero-order valence-electron chi connectivity index (χ0n) is 9.66. The molecule has 1 unspecified atom stereocenters. The molecular formula is C10H13N5O2S. The van der Waals surface area contributed by atoms with E-state index in [0.29, 0.717) is 0 Å². The number of anilines is 1. The van der Waals surface area contributed by atoms with Crippen molar-refractivity contribution in [2.45, 2.75) is 17.9 Å². The van der Waals surface area contributed by atoms with Crippen LogP contribution in [0.3, 0.4) is 0 Å². The summed E-state index contributed by atoms with van der Waals surface area (Å²) in [5.74, 6) is 0.161. The fourth-order valence-electron chi connectivity index (χ4n) is 1.46. The monoisotopic (exact) mass is 267 g/mol. The Morgan fingerprint density at radius 1 is 1.50 bits per heavy atom. The number of aromatic amines is 1. The third kappa shape index (κ3) is 2.66. The maximum Gasteiger partial charge on any atom is 0.241 e. The van der Waals surface area contributed by atoms with Crippen molar-refractivity contribution in [3.05, 3.63) is 36.3 Å². The van der Waals surface area contributed by atoms with E-state index in [-0.39, 0.29) is 16.8 Å². The number of nitrogens with zero attached hydrogens (tertiary/aromatic N) is 2. The second-order valence-electron chi connectivity index (χ2n) is 3.79. The third-order valence-electron chi connectivity index (χ3n) is 2.41. The first kappa shape index (κ1) is 12.5. The number of sulfonamides is 1. The van der Waals surface area contributed by atoms with Crippen molar-refractivity contribution in [2.75, 3.05) is 5.73 Å². The van der Waals surface area contributed by atoms with Crippen LogP contribution in [0.2, 0.25) is 0 Å². The molecular weight excluding hydrogens is 254 g/mol. The molecule has 0 radical (unpaired) electrons. The molecule has 0 fully saturated rings. The molecule has 0 amide bonds. The minimum absolute atomic E-state index is 0.0883. The summed E-state index contributed by atoms with van der Waals surface area (Å²) in [7, 11) is -3.62. The molecule has 0 aliphatic rings. The van der Waals surface area contributed by atoms with Crippen molar-refractivity contribution in [1.82, 2.24) is 19.9 Å². The Hall–Kier alpha value is -1.93. The number of aromatic nitrogens is 3. The summed E-state index contributed by atoms with van der Waals surface area (Å²) in [6.07, 6.45) is 4.55. The molecule has 8 heteroatoms. The van der Waals surface area contributed by atoms with Crippen LogP contribution in [-0.4, -0.2) is 23.6 Å². The molecule has 0 aromatic carbocycles. The lowest BCUT2D eigenvalue weighted by Gasteiger charge is -2.12. The van der Waals surface area contributed by atoms with Gasteiger partial charge in [-0.2, -0.15) is 5.10 Å². The van der Waals surface area contributed by atoms with E-state index in [1.165, 1.54) is 18.3 Å². The van der Waals surface area contributed by atoms with E-state index < -0.39 is 10.0 Å². The highest BCUT2D eigenvalue weighted by Gasteiger charge is 2.19. The molecule has 96 valence electrons. The number of H-pyrrole nitrogens is 1. The zero-order valence-corrected chi connectivity index (χ0v) is 10.5. The predicted molar refractivity (Wildman–Crippen MR) is 66.0 cm³/mol. The molecule has 7 nitrogen and oxygen atoms in total. The van der Waals surface area contributed by atoms with Crippen molar-refractivity contribution < 1.29 is 8.42 Å². The first-order chi connectivity index (χ1) is 8.49. The van der Waals surface area contributed by atoms with E-state index in [1.54, 1.807) is 19.3 Å². The first-order valence-corrected chi connectivity index (χ1v) is 6.70. The molecule has 2 aromatic rings. The summed E-state index contributed by atoms with van der Waals surface area (Å²) in [6, 6.07) is 2.31. The van der Waals surface area contributed by atoms with Gasteiger partial charge in [0.15, 0.2) is 0 Å². The Kier molecular flexibility index (Phi) is 3.30. The summed E-state index contributed by atoms with van der Waals surface area (Å²) >= 11 is 0. The van der Waals surface area contributed by atoms with Gasteiger partial charge in [-0.05, 0) is 13.0 Å². The summed E-state index contributed by atoms with van der Waals surface area (Å²) in [4.78, 5) is 3.84. The fourth-order valence-corrected chi connectivity index (χ4v) is 2.72. The Balaban J connectivity index is 2.22. The van der Waals surface area contributed by atoms with Crippen LogP contribution in [0.15, 0.2) is 35.6 Å². The summed E-state index contributed by atoms with van der Waals surface area (Å²) < 4.78 is 26.7. The van der Waals surface area contributed by atoms with E-state index in [1.807, 2.05) is 0 Å². The number of pyridine rings is 1. The molecule has 4 N–H and O–H groups in total. The summed E-state index contributed by atoms with van der Waals surface area (Å²) in [5.41, 5.74) is 6.21. The highest BCUT2D eigenvalue weighted by atomic mass is 32.2. The maximum absolute atomic E-state index is 12.1. The summed E-state index contributed by atoms with van der Waals surface area (Å²) in [5, 5.41) is 6.40. The number of nitrogen functional groups attached to an aromatic ring is 1. The van der Waals surface area contributed by atoms with Gasteiger partial charge in [-0.1, -0.05) is 0 Å². The maximum atomic E-state index is 12.1. The minimum Gasteiger partial charge on any atom is -0.384 e. The lowest BCUT2D eigenvalue weighted by atomic mass is 10.2. The standard InChI is InChI=1S/C10H13N5O2S/c1-7(8-5-13-14-6-8)15-18(16,17)9-2-3-12-10(11)4-9/h2-7,15H,1H3,(H2,11,12)(H,13,14). The van der Waals surface area contributed by atoms with Crippen LogP contribution in [0.1, 0.15) is 18.5 Å². The van der Waals surface area contributed by atoms with E-state index >= 15 is 0 Å². The van der Waals surface area contributed by atoms with Gasteiger partial charge in [-0.15, -0.1) is 0 Å². The molecule has 2 heterocycles.